The highest BCUT2D eigenvalue weighted by Gasteiger charge is 2.15. The molecule has 1 aromatic carbocycles. The van der Waals surface area contributed by atoms with Crippen molar-refractivity contribution >= 4 is 0 Å². The number of β-amino-alcohol motifs (C(OH)–C–C–N with tert-alkyl or cyclic N) is 1. The van der Waals surface area contributed by atoms with E-state index in [2.05, 4.69) is 10.2 Å². The molecule has 0 aromatic heterocycles. The standard InChI is InChI=1S/C15H23FN2O2/c1-12(13-3-2-4-14(16)9-13)17-10-15(19)11-18-5-7-20-8-6-18/h2-4,9,12,15,17,19H,5-8,10-11H2,1H3/t12-,15?/m0/s1. The van der Waals surface area contributed by atoms with Gasteiger partial charge < -0.3 is 15.2 Å². The van der Waals surface area contributed by atoms with Crippen LogP contribution in [0.4, 0.5) is 4.39 Å². The van der Waals surface area contributed by atoms with Gasteiger partial charge in [0.1, 0.15) is 5.82 Å². The van der Waals surface area contributed by atoms with Gasteiger partial charge in [0, 0.05) is 32.2 Å². The van der Waals surface area contributed by atoms with Crippen molar-refractivity contribution < 1.29 is 14.2 Å². The van der Waals surface area contributed by atoms with Gasteiger partial charge >= 0.3 is 0 Å². The van der Waals surface area contributed by atoms with E-state index in [1.54, 1.807) is 6.07 Å². The van der Waals surface area contributed by atoms with E-state index < -0.39 is 6.10 Å². The number of morpholine rings is 1. The first kappa shape index (κ1) is 15.4. The molecule has 0 amide bonds. The zero-order valence-electron chi connectivity index (χ0n) is 11.9. The Bertz CT molecular complexity index is 411. The lowest BCUT2D eigenvalue weighted by molar-refractivity contribution is 0.0145. The fourth-order valence-corrected chi connectivity index (χ4v) is 2.35. The molecule has 0 aliphatic carbocycles. The Labute approximate surface area is 119 Å². The lowest BCUT2D eigenvalue weighted by atomic mass is 10.1. The van der Waals surface area contributed by atoms with E-state index in [0.29, 0.717) is 13.1 Å². The van der Waals surface area contributed by atoms with Crippen LogP contribution in [0.5, 0.6) is 0 Å². The highest BCUT2D eigenvalue weighted by Crippen LogP contribution is 2.13. The smallest absolute Gasteiger partial charge is 0.123 e. The summed E-state index contributed by atoms with van der Waals surface area (Å²) in [5.74, 6) is -0.231. The van der Waals surface area contributed by atoms with Crippen molar-refractivity contribution in [2.75, 3.05) is 39.4 Å². The van der Waals surface area contributed by atoms with Gasteiger partial charge in [-0.25, -0.2) is 4.39 Å². The van der Waals surface area contributed by atoms with Gasteiger partial charge in [0.2, 0.25) is 0 Å². The number of hydrogen-bond acceptors (Lipinski definition) is 4. The van der Waals surface area contributed by atoms with Gasteiger partial charge in [0.25, 0.3) is 0 Å². The summed E-state index contributed by atoms with van der Waals surface area (Å²) in [4.78, 5) is 2.20. The third-order valence-electron chi connectivity index (χ3n) is 3.58. The predicted octanol–water partition coefficient (Wildman–Crippen LogP) is 1.17. The molecule has 1 fully saturated rings. The SMILES string of the molecule is C[C@H](NCC(O)CN1CCOCC1)c1cccc(F)c1. The molecule has 2 atom stereocenters. The van der Waals surface area contributed by atoms with E-state index in [9.17, 15) is 9.50 Å². The number of ether oxygens (including phenoxy) is 1. The van der Waals surface area contributed by atoms with Crippen molar-refractivity contribution in [1.82, 2.24) is 10.2 Å². The number of halogens is 1. The largest absolute Gasteiger partial charge is 0.390 e. The number of rotatable bonds is 6. The van der Waals surface area contributed by atoms with E-state index in [0.717, 1.165) is 31.9 Å². The number of aliphatic hydroxyl groups is 1. The van der Waals surface area contributed by atoms with Crippen LogP contribution in [0.25, 0.3) is 0 Å². The van der Waals surface area contributed by atoms with E-state index in [4.69, 9.17) is 4.74 Å². The average molecular weight is 282 g/mol. The molecule has 20 heavy (non-hydrogen) atoms. The van der Waals surface area contributed by atoms with Crippen LogP contribution in [0.1, 0.15) is 18.5 Å². The van der Waals surface area contributed by atoms with Crippen LogP contribution in [-0.4, -0.2) is 55.5 Å². The van der Waals surface area contributed by atoms with E-state index in [-0.39, 0.29) is 11.9 Å². The molecule has 0 spiro atoms. The van der Waals surface area contributed by atoms with E-state index >= 15 is 0 Å². The first-order valence-electron chi connectivity index (χ1n) is 7.12. The number of aliphatic hydroxyl groups excluding tert-OH is 1. The number of hydrogen-bond donors (Lipinski definition) is 2. The first-order chi connectivity index (χ1) is 9.65. The van der Waals surface area contributed by atoms with Crippen LogP contribution in [0.3, 0.4) is 0 Å². The molecule has 5 heteroatoms. The number of benzene rings is 1. The summed E-state index contributed by atoms with van der Waals surface area (Å²) in [6.07, 6.45) is -0.427. The molecule has 2 N–H and O–H groups in total. The van der Waals surface area contributed by atoms with Crippen LogP contribution in [0, 0.1) is 5.82 Å². The molecule has 2 rings (SSSR count). The second-order valence-electron chi connectivity index (χ2n) is 5.25. The van der Waals surface area contributed by atoms with Crippen molar-refractivity contribution in [3.63, 3.8) is 0 Å². The molecule has 1 aliphatic heterocycles. The molecule has 1 unspecified atom stereocenters. The predicted molar refractivity (Wildman–Crippen MR) is 76.1 cm³/mol. The van der Waals surface area contributed by atoms with Crippen LogP contribution in [0.2, 0.25) is 0 Å². The van der Waals surface area contributed by atoms with Gasteiger partial charge in [-0.15, -0.1) is 0 Å². The molecule has 112 valence electrons. The minimum absolute atomic E-state index is 0.0186. The quantitative estimate of drug-likeness (QED) is 0.822. The lowest BCUT2D eigenvalue weighted by Crippen LogP contribution is -2.44. The fourth-order valence-electron chi connectivity index (χ4n) is 2.35. The molecular weight excluding hydrogens is 259 g/mol. The molecule has 0 saturated carbocycles. The van der Waals surface area contributed by atoms with Gasteiger partial charge in [0.05, 0.1) is 19.3 Å². The second-order valence-corrected chi connectivity index (χ2v) is 5.25. The van der Waals surface area contributed by atoms with E-state index in [1.165, 1.54) is 12.1 Å². The van der Waals surface area contributed by atoms with Crippen LogP contribution in [0.15, 0.2) is 24.3 Å². The van der Waals surface area contributed by atoms with Crippen LogP contribution < -0.4 is 5.32 Å². The molecule has 0 bridgehead atoms. The van der Waals surface area contributed by atoms with Gasteiger partial charge in [0.15, 0.2) is 0 Å². The Kier molecular flexibility index (Phi) is 5.91. The molecule has 1 aromatic rings. The Morgan fingerprint density at radius 3 is 2.85 bits per heavy atom. The normalized spacial score (nSPS) is 19.8. The first-order valence-corrected chi connectivity index (χ1v) is 7.12. The number of nitrogens with one attached hydrogen (secondary N) is 1. The summed E-state index contributed by atoms with van der Waals surface area (Å²) >= 11 is 0. The zero-order chi connectivity index (χ0) is 14.4. The maximum absolute atomic E-state index is 13.1. The molecular formula is C15H23FN2O2. The average Bonchev–Trinajstić information content (AvgIpc) is 2.46. The fraction of sp³-hybridized carbons (Fsp3) is 0.600. The third kappa shape index (κ3) is 4.83. The van der Waals surface area contributed by atoms with Crippen molar-refractivity contribution in [1.29, 1.82) is 0 Å². The minimum Gasteiger partial charge on any atom is -0.390 e. The molecule has 4 nitrogen and oxygen atoms in total. The highest BCUT2D eigenvalue weighted by molar-refractivity contribution is 5.19. The Balaban J connectivity index is 1.73. The number of nitrogens with zero attached hydrogens (tertiary/aromatic N) is 1. The van der Waals surface area contributed by atoms with Gasteiger partial charge in [-0.2, -0.15) is 0 Å². The summed E-state index contributed by atoms with van der Waals surface area (Å²) < 4.78 is 18.4. The molecule has 1 heterocycles. The minimum atomic E-state index is -0.427. The Morgan fingerprint density at radius 2 is 2.15 bits per heavy atom. The van der Waals surface area contributed by atoms with Crippen molar-refractivity contribution in [3.8, 4) is 0 Å². The summed E-state index contributed by atoms with van der Waals surface area (Å²) in [5, 5.41) is 13.3. The van der Waals surface area contributed by atoms with Crippen molar-refractivity contribution in [2.45, 2.75) is 19.1 Å². The lowest BCUT2D eigenvalue weighted by Gasteiger charge is -2.29. The molecule has 1 saturated heterocycles. The second kappa shape index (κ2) is 7.69. The molecule has 0 radical (unpaired) electrons. The summed E-state index contributed by atoms with van der Waals surface area (Å²) in [7, 11) is 0. The van der Waals surface area contributed by atoms with Crippen LogP contribution in [-0.2, 0) is 4.74 Å². The Morgan fingerprint density at radius 1 is 1.40 bits per heavy atom. The van der Waals surface area contributed by atoms with Crippen molar-refractivity contribution in [3.05, 3.63) is 35.6 Å². The van der Waals surface area contributed by atoms with Gasteiger partial charge in [-0.3, -0.25) is 4.90 Å². The summed E-state index contributed by atoms with van der Waals surface area (Å²) in [5.41, 5.74) is 0.892. The van der Waals surface area contributed by atoms with E-state index in [1.807, 2.05) is 13.0 Å². The summed E-state index contributed by atoms with van der Waals surface area (Å²) in [6.45, 7) is 6.32. The topological polar surface area (TPSA) is 44.7 Å². The highest BCUT2D eigenvalue weighted by atomic mass is 19.1. The van der Waals surface area contributed by atoms with Gasteiger partial charge in [-0.05, 0) is 24.6 Å². The van der Waals surface area contributed by atoms with Crippen LogP contribution >= 0.6 is 0 Å². The van der Waals surface area contributed by atoms with Gasteiger partial charge in [-0.1, -0.05) is 12.1 Å². The summed E-state index contributed by atoms with van der Waals surface area (Å²) in [6, 6.07) is 6.56. The maximum Gasteiger partial charge on any atom is 0.123 e. The third-order valence-corrected chi connectivity index (χ3v) is 3.58. The van der Waals surface area contributed by atoms with Crippen molar-refractivity contribution in [2.24, 2.45) is 0 Å². The maximum atomic E-state index is 13.1. The Hall–Kier alpha value is -1.01. The zero-order valence-corrected chi connectivity index (χ0v) is 11.9. The molecule has 1 aliphatic rings. The monoisotopic (exact) mass is 282 g/mol.